The number of nitrogens with zero attached hydrogens (tertiary/aromatic N) is 4. The number of methoxy groups -OCH3 is 1. The average Bonchev–Trinajstić information content (AvgIpc) is 3.41. The van der Waals surface area contributed by atoms with E-state index in [1.807, 2.05) is 17.0 Å². The number of rotatable bonds is 3. The molecule has 1 fully saturated rings. The van der Waals surface area contributed by atoms with Gasteiger partial charge in [-0.2, -0.15) is 15.4 Å². The van der Waals surface area contributed by atoms with E-state index in [-0.39, 0.29) is 11.5 Å². The number of ether oxygens (including phenoxy) is 2. The molecular weight excluding hydrogens is 402 g/mol. The molecule has 0 saturated carbocycles. The molecule has 1 spiro atoms. The van der Waals surface area contributed by atoms with Gasteiger partial charge in [-0.1, -0.05) is 0 Å². The van der Waals surface area contributed by atoms with Gasteiger partial charge in [-0.25, -0.2) is 0 Å². The van der Waals surface area contributed by atoms with Crippen LogP contribution in [0.25, 0.3) is 10.6 Å². The van der Waals surface area contributed by atoms with E-state index in [2.05, 4.69) is 26.5 Å². The van der Waals surface area contributed by atoms with Crippen molar-refractivity contribution in [3.63, 3.8) is 0 Å². The number of hydrogen-bond acceptors (Lipinski definition) is 7. The van der Waals surface area contributed by atoms with Crippen LogP contribution < -0.4 is 4.74 Å². The van der Waals surface area contributed by atoms with Crippen molar-refractivity contribution in [1.82, 2.24) is 25.3 Å². The van der Waals surface area contributed by atoms with Gasteiger partial charge in [0.15, 0.2) is 5.69 Å². The van der Waals surface area contributed by atoms with Crippen molar-refractivity contribution in [3.8, 4) is 16.3 Å². The summed E-state index contributed by atoms with van der Waals surface area (Å²) in [6.07, 6.45) is 4.21. The van der Waals surface area contributed by atoms with Crippen molar-refractivity contribution < 1.29 is 14.3 Å². The van der Waals surface area contributed by atoms with E-state index in [1.54, 1.807) is 31.6 Å². The lowest BCUT2D eigenvalue weighted by molar-refractivity contribution is -0.0926. The lowest BCUT2D eigenvalue weighted by Gasteiger charge is -2.43. The van der Waals surface area contributed by atoms with Crippen molar-refractivity contribution in [1.29, 1.82) is 0 Å². The maximum absolute atomic E-state index is 12.8. The van der Waals surface area contributed by atoms with E-state index < -0.39 is 0 Å². The molecule has 0 aromatic carbocycles. The molecule has 0 unspecified atom stereocenters. The zero-order valence-electron chi connectivity index (χ0n) is 17.0. The van der Waals surface area contributed by atoms with Gasteiger partial charge in [0.25, 0.3) is 5.91 Å². The third kappa shape index (κ3) is 3.18. The van der Waals surface area contributed by atoms with Crippen LogP contribution in [-0.4, -0.2) is 58.0 Å². The van der Waals surface area contributed by atoms with Gasteiger partial charge in [0.1, 0.15) is 5.75 Å². The number of aromatic amines is 1. The lowest BCUT2D eigenvalue weighted by atomic mass is 9.82. The zero-order chi connectivity index (χ0) is 20.7. The highest BCUT2D eigenvalue weighted by molar-refractivity contribution is 7.15. The standard InChI is InChI=1S/C21H23N5O3S/c1-13-19(24-25-23-13)20(27)26-8-6-21(7-9-26)15-11-18(30-17(15)5-10-29-21)16-4-3-14(28-2)12-22-16/h3-4,11-12H,5-10H2,1-2H3,(H,23,24,25). The molecule has 1 N–H and O–H groups in total. The number of H-pyrrole nitrogens is 1. The predicted molar refractivity (Wildman–Crippen MR) is 112 cm³/mol. The number of pyridine rings is 1. The smallest absolute Gasteiger partial charge is 0.276 e. The van der Waals surface area contributed by atoms with Gasteiger partial charge >= 0.3 is 0 Å². The maximum Gasteiger partial charge on any atom is 0.276 e. The number of thiophene rings is 1. The van der Waals surface area contributed by atoms with Crippen LogP contribution in [0.3, 0.4) is 0 Å². The van der Waals surface area contributed by atoms with E-state index in [1.165, 1.54) is 10.4 Å². The maximum atomic E-state index is 12.8. The Balaban J connectivity index is 1.38. The molecule has 0 bridgehead atoms. The Hall–Kier alpha value is -2.78. The number of piperidine rings is 1. The Kier molecular flexibility index (Phi) is 4.79. The number of carbonyl (C=O) groups is 1. The molecule has 8 nitrogen and oxygen atoms in total. The first-order valence-electron chi connectivity index (χ1n) is 10.0. The first-order chi connectivity index (χ1) is 14.6. The zero-order valence-corrected chi connectivity index (χ0v) is 17.8. The summed E-state index contributed by atoms with van der Waals surface area (Å²) in [7, 11) is 1.64. The highest BCUT2D eigenvalue weighted by Crippen LogP contribution is 2.46. The number of nitrogens with one attached hydrogen (secondary N) is 1. The monoisotopic (exact) mass is 425 g/mol. The third-order valence-electron chi connectivity index (χ3n) is 6.01. The van der Waals surface area contributed by atoms with Gasteiger partial charge in [0, 0.05) is 24.4 Å². The minimum absolute atomic E-state index is 0.0689. The second-order valence-corrected chi connectivity index (χ2v) is 8.81. The number of aryl methyl sites for hydroxylation is 1. The number of carbonyl (C=O) groups excluding carboxylic acids is 1. The Morgan fingerprint density at radius 1 is 1.30 bits per heavy atom. The van der Waals surface area contributed by atoms with Crippen LogP contribution in [0.5, 0.6) is 5.75 Å². The highest BCUT2D eigenvalue weighted by atomic mass is 32.1. The number of aromatic nitrogens is 4. The van der Waals surface area contributed by atoms with E-state index >= 15 is 0 Å². The molecule has 5 heterocycles. The second-order valence-electron chi connectivity index (χ2n) is 7.67. The summed E-state index contributed by atoms with van der Waals surface area (Å²) < 4.78 is 11.6. The molecule has 0 atom stereocenters. The van der Waals surface area contributed by atoms with E-state index in [0.29, 0.717) is 31.1 Å². The minimum atomic E-state index is -0.329. The molecule has 30 heavy (non-hydrogen) atoms. The summed E-state index contributed by atoms with van der Waals surface area (Å²) in [5, 5.41) is 10.5. The fraction of sp³-hybridized carbons (Fsp3) is 0.429. The summed E-state index contributed by atoms with van der Waals surface area (Å²) in [6.45, 7) is 3.77. The van der Waals surface area contributed by atoms with Crippen molar-refractivity contribution in [3.05, 3.63) is 46.2 Å². The van der Waals surface area contributed by atoms with Crippen molar-refractivity contribution >= 4 is 17.2 Å². The largest absolute Gasteiger partial charge is 0.495 e. The fourth-order valence-electron chi connectivity index (χ4n) is 4.31. The topological polar surface area (TPSA) is 93.2 Å². The number of fused-ring (bicyclic) bond motifs is 2. The summed E-state index contributed by atoms with van der Waals surface area (Å²) in [4.78, 5) is 21.7. The van der Waals surface area contributed by atoms with Crippen LogP contribution in [-0.2, 0) is 16.8 Å². The SMILES string of the molecule is COc1ccc(-c2cc3c(s2)CCOC32CCN(C(=O)c3n[nH]nc3C)CC2)nc1. The van der Waals surface area contributed by atoms with E-state index in [0.717, 1.165) is 35.6 Å². The molecule has 5 rings (SSSR count). The van der Waals surface area contributed by atoms with E-state index in [4.69, 9.17) is 9.47 Å². The van der Waals surface area contributed by atoms with Crippen LogP contribution in [0, 0.1) is 6.92 Å². The molecule has 1 saturated heterocycles. The molecule has 3 aromatic heterocycles. The summed E-state index contributed by atoms with van der Waals surface area (Å²) >= 11 is 1.79. The summed E-state index contributed by atoms with van der Waals surface area (Å²) in [5.74, 6) is 0.680. The summed E-state index contributed by atoms with van der Waals surface area (Å²) in [6, 6.07) is 6.15. The molecule has 1 amide bonds. The molecule has 156 valence electrons. The molecule has 0 radical (unpaired) electrons. The van der Waals surface area contributed by atoms with Crippen LogP contribution in [0.4, 0.5) is 0 Å². The first-order valence-corrected chi connectivity index (χ1v) is 10.9. The molecule has 0 aliphatic carbocycles. The third-order valence-corrected chi connectivity index (χ3v) is 7.23. The van der Waals surface area contributed by atoms with Crippen LogP contribution in [0.15, 0.2) is 24.4 Å². The predicted octanol–water partition coefficient (Wildman–Crippen LogP) is 2.95. The Bertz CT molecular complexity index is 1070. The van der Waals surface area contributed by atoms with Crippen molar-refractivity contribution in [2.45, 2.75) is 31.8 Å². The molecule has 9 heteroatoms. The normalized spacial score (nSPS) is 17.7. The van der Waals surface area contributed by atoms with Crippen LogP contribution in [0.2, 0.25) is 0 Å². The number of hydrogen-bond donors (Lipinski definition) is 1. The first kappa shape index (κ1) is 19.2. The van der Waals surface area contributed by atoms with Gasteiger partial charge in [-0.05, 0) is 43.5 Å². The van der Waals surface area contributed by atoms with Gasteiger partial charge in [-0.15, -0.1) is 11.3 Å². The van der Waals surface area contributed by atoms with Gasteiger partial charge in [0.2, 0.25) is 0 Å². The fourth-order valence-corrected chi connectivity index (χ4v) is 5.52. The van der Waals surface area contributed by atoms with Crippen molar-refractivity contribution in [2.75, 3.05) is 26.8 Å². The molecule has 3 aromatic rings. The molecule has 2 aliphatic heterocycles. The Morgan fingerprint density at radius 2 is 2.13 bits per heavy atom. The highest BCUT2D eigenvalue weighted by Gasteiger charge is 2.43. The van der Waals surface area contributed by atoms with Crippen molar-refractivity contribution in [2.24, 2.45) is 0 Å². The molecular formula is C21H23N5O3S. The lowest BCUT2D eigenvalue weighted by Crippen LogP contribution is -2.48. The Labute approximate surface area is 178 Å². The average molecular weight is 426 g/mol. The second kappa shape index (κ2) is 7.48. The van der Waals surface area contributed by atoms with Crippen LogP contribution >= 0.6 is 11.3 Å². The van der Waals surface area contributed by atoms with Gasteiger partial charge < -0.3 is 14.4 Å². The number of likely N-dealkylation sites (tertiary alicyclic amines) is 1. The summed E-state index contributed by atoms with van der Waals surface area (Å²) in [5.41, 5.74) is 2.91. The Morgan fingerprint density at radius 3 is 2.80 bits per heavy atom. The van der Waals surface area contributed by atoms with E-state index in [9.17, 15) is 4.79 Å². The van der Waals surface area contributed by atoms with Crippen LogP contribution in [0.1, 0.15) is 39.5 Å². The molecule has 2 aliphatic rings. The number of amides is 1. The minimum Gasteiger partial charge on any atom is -0.495 e. The van der Waals surface area contributed by atoms with Gasteiger partial charge in [0.05, 0.1) is 41.8 Å². The van der Waals surface area contributed by atoms with Gasteiger partial charge in [-0.3, -0.25) is 9.78 Å². The quantitative estimate of drug-likeness (QED) is 0.694.